The van der Waals surface area contributed by atoms with Crippen LogP contribution in [0.1, 0.15) is 11.1 Å². The van der Waals surface area contributed by atoms with Crippen molar-refractivity contribution >= 4 is 44.9 Å². The summed E-state index contributed by atoms with van der Waals surface area (Å²) in [6, 6.07) is 11.4. The molecule has 0 fully saturated rings. The molecule has 4 aromatic rings. The van der Waals surface area contributed by atoms with E-state index in [9.17, 15) is 9.59 Å². The van der Waals surface area contributed by atoms with Crippen LogP contribution in [0, 0.1) is 13.8 Å². The van der Waals surface area contributed by atoms with Gasteiger partial charge in [0, 0.05) is 24.1 Å². The number of amides is 1. The average molecular weight is 496 g/mol. The first kappa shape index (κ1) is 23.8. The second kappa shape index (κ2) is 9.90. The molecule has 1 N–H and O–H groups in total. The quantitative estimate of drug-likeness (QED) is 0.286. The Kier molecular flexibility index (Phi) is 6.95. The van der Waals surface area contributed by atoms with Crippen LogP contribution >= 0.6 is 23.1 Å². The van der Waals surface area contributed by atoms with Crippen molar-refractivity contribution in [1.29, 1.82) is 0 Å². The molecular weight excluding hydrogens is 470 g/mol. The van der Waals surface area contributed by atoms with E-state index in [4.69, 9.17) is 9.47 Å². The van der Waals surface area contributed by atoms with Gasteiger partial charge in [0.25, 0.3) is 5.56 Å². The molecule has 9 heteroatoms. The number of aromatic nitrogens is 2. The van der Waals surface area contributed by atoms with Crippen molar-refractivity contribution in [1.82, 2.24) is 9.55 Å². The van der Waals surface area contributed by atoms with Crippen LogP contribution in [-0.4, -0.2) is 35.4 Å². The van der Waals surface area contributed by atoms with Gasteiger partial charge in [-0.1, -0.05) is 30.0 Å². The van der Waals surface area contributed by atoms with Gasteiger partial charge in [0.1, 0.15) is 16.3 Å². The van der Waals surface area contributed by atoms with Crippen LogP contribution < -0.4 is 20.3 Å². The molecule has 2 aromatic heterocycles. The maximum absolute atomic E-state index is 13.2. The van der Waals surface area contributed by atoms with E-state index in [0.29, 0.717) is 32.6 Å². The molecule has 0 saturated heterocycles. The van der Waals surface area contributed by atoms with E-state index in [-0.39, 0.29) is 17.2 Å². The summed E-state index contributed by atoms with van der Waals surface area (Å²) in [5.41, 5.74) is 4.65. The molecule has 0 bridgehead atoms. The number of fused-ring (bicyclic) bond motifs is 1. The molecule has 0 spiro atoms. The number of methoxy groups -OCH3 is 2. The van der Waals surface area contributed by atoms with Gasteiger partial charge in [-0.2, -0.15) is 0 Å². The van der Waals surface area contributed by atoms with Gasteiger partial charge < -0.3 is 14.8 Å². The van der Waals surface area contributed by atoms with Gasteiger partial charge in [-0.3, -0.25) is 14.2 Å². The summed E-state index contributed by atoms with van der Waals surface area (Å²) in [6.07, 6.45) is 0. The fourth-order valence-electron chi connectivity index (χ4n) is 3.53. The van der Waals surface area contributed by atoms with Crippen LogP contribution in [0.3, 0.4) is 0 Å². The lowest BCUT2D eigenvalue weighted by molar-refractivity contribution is -0.113. The van der Waals surface area contributed by atoms with Gasteiger partial charge in [-0.05, 0) is 42.7 Å². The summed E-state index contributed by atoms with van der Waals surface area (Å²) in [7, 11) is 4.78. The summed E-state index contributed by atoms with van der Waals surface area (Å²) in [5.74, 6) is 0.980. The van der Waals surface area contributed by atoms with Crippen molar-refractivity contribution in [2.75, 3.05) is 25.3 Å². The second-order valence-electron chi connectivity index (χ2n) is 7.79. The number of thioether (sulfide) groups is 1. The third-order valence-electron chi connectivity index (χ3n) is 5.61. The minimum atomic E-state index is -0.243. The molecule has 0 aliphatic rings. The van der Waals surface area contributed by atoms with Crippen molar-refractivity contribution in [3.63, 3.8) is 0 Å². The van der Waals surface area contributed by atoms with E-state index >= 15 is 0 Å². The molecule has 2 aromatic carbocycles. The van der Waals surface area contributed by atoms with Gasteiger partial charge in [0.2, 0.25) is 5.91 Å². The number of anilines is 1. The zero-order valence-electron chi connectivity index (χ0n) is 19.6. The highest BCUT2D eigenvalue weighted by Crippen LogP contribution is 2.33. The lowest BCUT2D eigenvalue weighted by Crippen LogP contribution is -2.21. The third kappa shape index (κ3) is 4.67. The molecular formula is C25H25N3O4S2. The SMILES string of the molecule is COc1ccc(OC)c(NC(=O)CSc2nc3scc(-c4ccc(C)c(C)c4)c3c(=O)n2C)c1. The van der Waals surface area contributed by atoms with Crippen LogP contribution in [0.2, 0.25) is 0 Å². The maximum atomic E-state index is 13.2. The number of aryl methyl sites for hydroxylation is 2. The van der Waals surface area contributed by atoms with Gasteiger partial charge in [0.15, 0.2) is 5.16 Å². The Morgan fingerprint density at radius 3 is 2.62 bits per heavy atom. The van der Waals surface area contributed by atoms with E-state index < -0.39 is 0 Å². The molecule has 7 nitrogen and oxygen atoms in total. The number of nitrogens with zero attached hydrogens (tertiary/aromatic N) is 2. The normalized spacial score (nSPS) is 11.0. The van der Waals surface area contributed by atoms with E-state index in [1.165, 1.54) is 45.9 Å². The lowest BCUT2D eigenvalue weighted by atomic mass is 10.0. The van der Waals surface area contributed by atoms with Gasteiger partial charge >= 0.3 is 0 Å². The number of carbonyl (C=O) groups excluding carboxylic acids is 1. The minimum absolute atomic E-state index is 0.0849. The second-order valence-corrected chi connectivity index (χ2v) is 9.59. The van der Waals surface area contributed by atoms with Gasteiger partial charge in [-0.15, -0.1) is 11.3 Å². The number of hydrogen-bond donors (Lipinski definition) is 1. The first-order chi connectivity index (χ1) is 16.3. The van der Waals surface area contributed by atoms with Gasteiger partial charge in [0.05, 0.1) is 31.0 Å². The maximum Gasteiger partial charge on any atom is 0.263 e. The summed E-state index contributed by atoms with van der Waals surface area (Å²) < 4.78 is 12.0. The standard InChI is InChI=1S/C25H25N3O4S2/c1-14-6-7-16(10-15(14)2)18-12-33-23-22(18)24(30)28(3)25(27-23)34-13-21(29)26-19-11-17(31-4)8-9-20(19)32-5/h6-12H,13H2,1-5H3,(H,26,29). The van der Waals surface area contributed by atoms with E-state index in [1.54, 1.807) is 32.4 Å². The molecule has 0 aliphatic heterocycles. The van der Waals surface area contributed by atoms with Crippen molar-refractivity contribution in [3.8, 4) is 22.6 Å². The minimum Gasteiger partial charge on any atom is -0.497 e. The Morgan fingerprint density at radius 2 is 1.91 bits per heavy atom. The summed E-state index contributed by atoms with van der Waals surface area (Å²) in [5, 5.41) is 5.89. The summed E-state index contributed by atoms with van der Waals surface area (Å²) >= 11 is 2.64. The Balaban J connectivity index is 1.57. The zero-order valence-corrected chi connectivity index (χ0v) is 21.2. The number of ether oxygens (including phenoxy) is 2. The largest absolute Gasteiger partial charge is 0.497 e. The fourth-order valence-corrected chi connectivity index (χ4v) is 5.29. The summed E-state index contributed by atoms with van der Waals surface area (Å²) in [6.45, 7) is 4.13. The molecule has 4 rings (SSSR count). The Hall–Kier alpha value is -3.30. The fraction of sp³-hybridized carbons (Fsp3) is 0.240. The molecule has 2 heterocycles. The molecule has 176 valence electrons. The monoisotopic (exact) mass is 495 g/mol. The van der Waals surface area contributed by atoms with Gasteiger partial charge in [-0.25, -0.2) is 4.98 Å². The average Bonchev–Trinajstić information content (AvgIpc) is 3.26. The third-order valence-corrected chi connectivity index (χ3v) is 7.51. The van der Waals surface area contributed by atoms with Crippen LogP contribution in [0.5, 0.6) is 11.5 Å². The predicted octanol–water partition coefficient (Wildman–Crippen LogP) is 5.03. The van der Waals surface area contributed by atoms with Crippen LogP contribution in [0.4, 0.5) is 5.69 Å². The van der Waals surface area contributed by atoms with Crippen molar-refractivity contribution < 1.29 is 14.3 Å². The topological polar surface area (TPSA) is 82.5 Å². The highest BCUT2D eigenvalue weighted by atomic mass is 32.2. The molecule has 1 amide bonds. The zero-order chi connectivity index (χ0) is 24.4. The number of benzene rings is 2. The summed E-state index contributed by atoms with van der Waals surface area (Å²) in [4.78, 5) is 31.2. The molecule has 0 aliphatic carbocycles. The molecule has 0 saturated carbocycles. The van der Waals surface area contributed by atoms with Crippen molar-refractivity contribution in [3.05, 3.63) is 63.3 Å². The van der Waals surface area contributed by atoms with Crippen LogP contribution in [0.15, 0.2) is 51.7 Å². The first-order valence-corrected chi connectivity index (χ1v) is 12.4. The van der Waals surface area contributed by atoms with E-state index in [2.05, 4.69) is 36.3 Å². The number of nitrogens with one attached hydrogen (secondary N) is 1. The molecule has 34 heavy (non-hydrogen) atoms. The van der Waals surface area contributed by atoms with Crippen LogP contribution in [-0.2, 0) is 11.8 Å². The number of thiophene rings is 1. The molecule has 0 atom stereocenters. The van der Waals surface area contributed by atoms with E-state index in [0.717, 1.165) is 11.1 Å². The van der Waals surface area contributed by atoms with Crippen molar-refractivity contribution in [2.24, 2.45) is 7.05 Å². The Bertz CT molecular complexity index is 1440. The highest BCUT2D eigenvalue weighted by Gasteiger charge is 2.17. The predicted molar refractivity (Wildman–Crippen MR) is 139 cm³/mol. The Morgan fingerprint density at radius 1 is 1.12 bits per heavy atom. The number of carbonyl (C=O) groups is 1. The first-order valence-electron chi connectivity index (χ1n) is 10.5. The highest BCUT2D eigenvalue weighted by molar-refractivity contribution is 7.99. The number of rotatable bonds is 7. The molecule has 0 radical (unpaired) electrons. The Labute approximate surface area is 205 Å². The van der Waals surface area contributed by atoms with E-state index in [1.807, 2.05) is 11.4 Å². The smallest absolute Gasteiger partial charge is 0.263 e. The lowest BCUT2D eigenvalue weighted by Gasteiger charge is -2.12. The van der Waals surface area contributed by atoms with Crippen LogP contribution in [0.25, 0.3) is 21.3 Å². The number of hydrogen-bond acceptors (Lipinski definition) is 7. The molecule has 0 unspecified atom stereocenters. The van der Waals surface area contributed by atoms with Crippen molar-refractivity contribution in [2.45, 2.75) is 19.0 Å².